The molecule has 1 aromatic rings. The number of aryl methyl sites for hydroxylation is 1. The molecule has 0 saturated carbocycles. The van der Waals surface area contributed by atoms with Crippen LogP contribution in [0.15, 0.2) is 6.07 Å². The van der Waals surface area contributed by atoms with Crippen molar-refractivity contribution in [3.8, 4) is 5.75 Å². The molecule has 0 radical (unpaired) electrons. The van der Waals surface area contributed by atoms with Gasteiger partial charge < -0.3 is 10.2 Å². The molecule has 0 aliphatic rings. The summed E-state index contributed by atoms with van der Waals surface area (Å²) < 4.78 is 0. The normalized spacial score (nSPS) is 12.2. The van der Waals surface area contributed by atoms with Gasteiger partial charge in [-0.3, -0.25) is 4.79 Å². The molecule has 0 amide bonds. The van der Waals surface area contributed by atoms with Crippen molar-refractivity contribution in [2.45, 2.75) is 181 Å². The summed E-state index contributed by atoms with van der Waals surface area (Å²) in [7, 11) is 0. The maximum atomic E-state index is 11.8. The van der Waals surface area contributed by atoms with Crippen molar-refractivity contribution in [1.29, 1.82) is 0 Å². The maximum Gasteiger partial charge on any atom is 0.310 e. The first-order chi connectivity index (χ1) is 18.5. The van der Waals surface area contributed by atoms with Crippen LogP contribution in [-0.4, -0.2) is 16.2 Å². The van der Waals surface area contributed by atoms with Crippen molar-refractivity contribution in [2.24, 2.45) is 0 Å². The Morgan fingerprint density at radius 3 is 1.42 bits per heavy atom. The van der Waals surface area contributed by atoms with Crippen LogP contribution >= 0.6 is 0 Å². The third-order valence-corrected chi connectivity index (χ3v) is 8.34. The Labute approximate surface area is 236 Å². The summed E-state index contributed by atoms with van der Waals surface area (Å²) in [6.07, 6.45) is 29.0. The molecule has 0 spiro atoms. The van der Waals surface area contributed by atoms with Crippen molar-refractivity contribution < 1.29 is 15.0 Å². The molecule has 1 aromatic carbocycles. The average Bonchev–Trinajstić information content (AvgIpc) is 2.91. The lowest BCUT2D eigenvalue weighted by Crippen LogP contribution is -2.12. The Morgan fingerprint density at radius 1 is 0.605 bits per heavy atom. The zero-order valence-electron chi connectivity index (χ0n) is 25.7. The predicted octanol–water partition coefficient (Wildman–Crippen LogP) is 11.1. The first-order valence-corrected chi connectivity index (χ1v) is 16.6. The van der Waals surface area contributed by atoms with E-state index in [2.05, 4.69) is 20.8 Å². The highest BCUT2D eigenvalue weighted by Crippen LogP contribution is 2.37. The molecule has 0 aromatic heterocycles. The van der Waals surface area contributed by atoms with Crippen LogP contribution in [0.5, 0.6) is 5.75 Å². The van der Waals surface area contributed by atoms with Crippen molar-refractivity contribution in [3.63, 3.8) is 0 Å². The summed E-state index contributed by atoms with van der Waals surface area (Å²) in [5.41, 5.74) is 4.23. The first-order valence-electron chi connectivity index (χ1n) is 16.6. The van der Waals surface area contributed by atoms with Gasteiger partial charge in [-0.25, -0.2) is 0 Å². The minimum atomic E-state index is -0.864. The van der Waals surface area contributed by atoms with Crippen LogP contribution in [0.4, 0.5) is 0 Å². The number of benzene rings is 1. The van der Waals surface area contributed by atoms with E-state index in [9.17, 15) is 15.0 Å². The van der Waals surface area contributed by atoms with Crippen molar-refractivity contribution >= 4 is 5.97 Å². The van der Waals surface area contributed by atoms with Gasteiger partial charge in [0.1, 0.15) is 5.75 Å². The van der Waals surface area contributed by atoms with Crippen molar-refractivity contribution in [2.75, 3.05) is 0 Å². The summed E-state index contributed by atoms with van der Waals surface area (Å²) >= 11 is 0. The summed E-state index contributed by atoms with van der Waals surface area (Å²) in [6, 6.07) is 2.03. The fourth-order valence-corrected chi connectivity index (χ4v) is 5.69. The molecule has 3 nitrogen and oxygen atoms in total. The lowest BCUT2D eigenvalue weighted by Gasteiger charge is -2.21. The standard InChI is InChI=1S/C35H62O3/c1-5-8-11-12-13-14-15-16-17-18-19-20-21-22-23-24-25-30-28-33(29(4)35(37)38)34(36)32(27-10-7-3)31(30)26-9-6-2/h28-29,36H,5-27H2,1-4H3,(H,37,38). The lowest BCUT2D eigenvalue weighted by molar-refractivity contribution is -0.138. The SMILES string of the molecule is CCCCCCCCCCCCCCCCCCc1cc(C(C)C(=O)O)c(O)c(CCCC)c1CCCC. The van der Waals surface area contributed by atoms with Gasteiger partial charge in [0.15, 0.2) is 0 Å². The first kappa shape index (κ1) is 34.5. The zero-order valence-corrected chi connectivity index (χ0v) is 25.7. The van der Waals surface area contributed by atoms with E-state index < -0.39 is 11.9 Å². The number of unbranched alkanes of at least 4 members (excludes halogenated alkanes) is 17. The Bertz CT molecular complexity index is 739. The van der Waals surface area contributed by atoms with Crippen LogP contribution in [0, 0.1) is 0 Å². The van der Waals surface area contributed by atoms with Gasteiger partial charge in [-0.1, -0.05) is 136 Å². The van der Waals surface area contributed by atoms with E-state index >= 15 is 0 Å². The molecular weight excluding hydrogens is 468 g/mol. The Morgan fingerprint density at radius 2 is 1.00 bits per heavy atom. The van der Waals surface area contributed by atoms with Crippen molar-refractivity contribution in [1.82, 2.24) is 0 Å². The molecule has 1 rings (SSSR count). The lowest BCUT2D eigenvalue weighted by atomic mass is 9.85. The second kappa shape index (κ2) is 22.3. The number of carboxylic acid groups (broad SMARTS) is 1. The van der Waals surface area contributed by atoms with Gasteiger partial charge >= 0.3 is 5.97 Å². The van der Waals surface area contributed by atoms with Crippen LogP contribution in [0.25, 0.3) is 0 Å². The third kappa shape index (κ3) is 14.0. The van der Waals surface area contributed by atoms with Crippen LogP contribution in [-0.2, 0) is 24.1 Å². The molecule has 38 heavy (non-hydrogen) atoms. The summed E-state index contributed by atoms with van der Waals surface area (Å²) in [6.45, 7) is 8.36. The van der Waals surface area contributed by atoms with Gasteiger partial charge in [0.25, 0.3) is 0 Å². The van der Waals surface area contributed by atoms with E-state index in [1.165, 1.54) is 107 Å². The number of phenolic OH excluding ortho intramolecular Hbond substituents is 1. The van der Waals surface area contributed by atoms with Gasteiger partial charge in [0, 0.05) is 5.56 Å². The number of aromatic hydroxyl groups is 1. The topological polar surface area (TPSA) is 57.5 Å². The molecule has 0 saturated heterocycles. The van der Waals surface area contributed by atoms with Crippen LogP contribution in [0.2, 0.25) is 0 Å². The smallest absolute Gasteiger partial charge is 0.310 e. The highest BCUT2D eigenvalue weighted by atomic mass is 16.4. The number of aliphatic carboxylic acids is 1. The third-order valence-electron chi connectivity index (χ3n) is 8.34. The van der Waals surface area contributed by atoms with Crippen LogP contribution < -0.4 is 0 Å². The minimum Gasteiger partial charge on any atom is -0.507 e. The predicted molar refractivity (Wildman–Crippen MR) is 165 cm³/mol. The second-order valence-electron chi connectivity index (χ2n) is 11.8. The number of carboxylic acids is 1. The zero-order chi connectivity index (χ0) is 28.0. The number of phenols is 1. The Hall–Kier alpha value is -1.51. The highest BCUT2D eigenvalue weighted by Gasteiger charge is 2.23. The molecule has 0 aliphatic carbocycles. The average molecular weight is 531 g/mol. The monoisotopic (exact) mass is 530 g/mol. The molecule has 0 heterocycles. The molecule has 0 aliphatic heterocycles. The van der Waals surface area contributed by atoms with Gasteiger partial charge in [-0.15, -0.1) is 0 Å². The number of hydrogen-bond acceptors (Lipinski definition) is 2. The molecule has 0 fully saturated rings. The Kier molecular flexibility index (Phi) is 20.3. The summed E-state index contributed by atoms with van der Waals surface area (Å²) in [5, 5.41) is 20.7. The summed E-state index contributed by atoms with van der Waals surface area (Å²) in [5.74, 6) is -1.30. The van der Waals surface area contributed by atoms with E-state index in [0.717, 1.165) is 56.9 Å². The Balaban J connectivity index is 2.46. The van der Waals surface area contributed by atoms with E-state index in [-0.39, 0.29) is 5.75 Å². The number of carbonyl (C=O) groups is 1. The van der Waals surface area contributed by atoms with Crippen molar-refractivity contribution in [3.05, 3.63) is 28.3 Å². The largest absolute Gasteiger partial charge is 0.507 e. The minimum absolute atomic E-state index is 0.246. The summed E-state index contributed by atoms with van der Waals surface area (Å²) in [4.78, 5) is 11.8. The highest BCUT2D eigenvalue weighted by molar-refractivity contribution is 5.77. The quantitative estimate of drug-likeness (QED) is 0.124. The molecule has 220 valence electrons. The van der Waals surface area contributed by atoms with Crippen LogP contribution in [0.1, 0.15) is 184 Å². The van der Waals surface area contributed by atoms with Gasteiger partial charge in [0.05, 0.1) is 5.92 Å². The van der Waals surface area contributed by atoms with E-state index in [1.54, 1.807) is 6.92 Å². The molecule has 3 heteroatoms. The van der Waals surface area contributed by atoms with E-state index in [4.69, 9.17) is 0 Å². The maximum absolute atomic E-state index is 11.8. The molecule has 1 atom stereocenters. The fourth-order valence-electron chi connectivity index (χ4n) is 5.69. The fraction of sp³-hybridized carbons (Fsp3) is 0.800. The van der Waals surface area contributed by atoms with Gasteiger partial charge in [-0.05, 0) is 62.1 Å². The number of rotatable bonds is 25. The van der Waals surface area contributed by atoms with Gasteiger partial charge in [0.2, 0.25) is 0 Å². The number of hydrogen-bond donors (Lipinski definition) is 2. The van der Waals surface area contributed by atoms with E-state index in [1.807, 2.05) is 6.07 Å². The van der Waals surface area contributed by atoms with E-state index in [0.29, 0.717) is 5.56 Å². The molecule has 1 unspecified atom stereocenters. The van der Waals surface area contributed by atoms with Crippen LogP contribution in [0.3, 0.4) is 0 Å². The second-order valence-corrected chi connectivity index (χ2v) is 11.8. The van der Waals surface area contributed by atoms with Gasteiger partial charge in [-0.2, -0.15) is 0 Å². The molecular formula is C35H62O3. The molecule has 2 N–H and O–H groups in total. The molecule has 0 bridgehead atoms.